The SMILES string of the molecule is COc1ccccc1C(=O)c1cnc(Nc2cccc(Cc3ccccc3)c2)[nH]1. The van der Waals surface area contributed by atoms with Crippen molar-refractivity contribution in [3.63, 3.8) is 0 Å². The molecule has 0 unspecified atom stereocenters. The number of anilines is 2. The Morgan fingerprint density at radius 3 is 2.55 bits per heavy atom. The molecule has 0 aliphatic rings. The number of nitrogens with one attached hydrogen (secondary N) is 2. The molecule has 5 heteroatoms. The minimum atomic E-state index is -0.166. The number of aromatic amines is 1. The molecule has 5 nitrogen and oxygen atoms in total. The first kappa shape index (κ1) is 18.5. The molecule has 0 saturated heterocycles. The van der Waals surface area contributed by atoms with E-state index in [-0.39, 0.29) is 5.78 Å². The van der Waals surface area contributed by atoms with Gasteiger partial charge in [0.05, 0.1) is 18.9 Å². The fourth-order valence-corrected chi connectivity index (χ4v) is 3.20. The summed E-state index contributed by atoms with van der Waals surface area (Å²) in [4.78, 5) is 20.1. The van der Waals surface area contributed by atoms with E-state index < -0.39 is 0 Å². The van der Waals surface area contributed by atoms with Gasteiger partial charge in [-0.05, 0) is 41.8 Å². The van der Waals surface area contributed by atoms with Gasteiger partial charge in [0.1, 0.15) is 11.4 Å². The summed E-state index contributed by atoms with van der Waals surface area (Å²) in [5.41, 5.74) is 4.25. The molecule has 0 bridgehead atoms. The van der Waals surface area contributed by atoms with Crippen LogP contribution in [0.25, 0.3) is 0 Å². The fourth-order valence-electron chi connectivity index (χ4n) is 3.20. The lowest BCUT2D eigenvalue weighted by Gasteiger charge is -2.07. The van der Waals surface area contributed by atoms with E-state index in [1.807, 2.05) is 42.5 Å². The van der Waals surface area contributed by atoms with Gasteiger partial charge in [-0.3, -0.25) is 4.79 Å². The number of H-pyrrole nitrogens is 1. The van der Waals surface area contributed by atoms with Crippen LogP contribution in [-0.2, 0) is 6.42 Å². The van der Waals surface area contributed by atoms with Gasteiger partial charge in [-0.15, -0.1) is 0 Å². The topological polar surface area (TPSA) is 67.0 Å². The lowest BCUT2D eigenvalue weighted by molar-refractivity contribution is 0.103. The minimum Gasteiger partial charge on any atom is -0.496 e. The van der Waals surface area contributed by atoms with Crippen LogP contribution in [0.1, 0.15) is 27.2 Å². The van der Waals surface area contributed by atoms with Crippen molar-refractivity contribution in [2.75, 3.05) is 12.4 Å². The molecule has 3 aromatic carbocycles. The maximum Gasteiger partial charge on any atom is 0.214 e. The molecule has 0 fully saturated rings. The van der Waals surface area contributed by atoms with Gasteiger partial charge in [-0.2, -0.15) is 0 Å². The highest BCUT2D eigenvalue weighted by molar-refractivity contribution is 6.09. The van der Waals surface area contributed by atoms with Gasteiger partial charge >= 0.3 is 0 Å². The number of methoxy groups -OCH3 is 1. The Morgan fingerprint density at radius 2 is 1.72 bits per heavy atom. The molecule has 1 aromatic heterocycles. The average Bonchev–Trinajstić information content (AvgIpc) is 3.22. The molecule has 1 heterocycles. The molecule has 2 N–H and O–H groups in total. The maximum absolute atomic E-state index is 12.8. The minimum absolute atomic E-state index is 0.166. The third-order valence-electron chi connectivity index (χ3n) is 4.61. The fraction of sp³-hybridized carbons (Fsp3) is 0.0833. The lowest BCUT2D eigenvalue weighted by atomic mass is 10.0. The molecule has 0 radical (unpaired) electrons. The van der Waals surface area contributed by atoms with E-state index in [2.05, 4.69) is 39.6 Å². The number of aromatic nitrogens is 2. The second-order valence-electron chi connectivity index (χ2n) is 6.66. The molecular formula is C24H21N3O2. The molecule has 0 amide bonds. The third-order valence-corrected chi connectivity index (χ3v) is 4.61. The Labute approximate surface area is 169 Å². The van der Waals surface area contributed by atoms with E-state index in [0.29, 0.717) is 23.0 Å². The zero-order valence-corrected chi connectivity index (χ0v) is 16.1. The van der Waals surface area contributed by atoms with Crippen LogP contribution < -0.4 is 10.1 Å². The van der Waals surface area contributed by atoms with Crippen molar-refractivity contribution in [2.45, 2.75) is 6.42 Å². The zero-order valence-electron chi connectivity index (χ0n) is 16.1. The Kier molecular flexibility index (Phi) is 5.38. The van der Waals surface area contributed by atoms with E-state index in [1.54, 1.807) is 19.2 Å². The summed E-state index contributed by atoms with van der Waals surface area (Å²) in [6.45, 7) is 0. The van der Waals surface area contributed by atoms with Crippen molar-refractivity contribution < 1.29 is 9.53 Å². The van der Waals surface area contributed by atoms with Gasteiger partial charge in [0.2, 0.25) is 11.7 Å². The maximum atomic E-state index is 12.8. The second-order valence-corrected chi connectivity index (χ2v) is 6.66. The van der Waals surface area contributed by atoms with Crippen molar-refractivity contribution in [3.8, 4) is 5.75 Å². The van der Waals surface area contributed by atoms with Crippen molar-refractivity contribution in [3.05, 3.63) is 107 Å². The Balaban J connectivity index is 1.49. The Morgan fingerprint density at radius 1 is 0.966 bits per heavy atom. The Hall–Kier alpha value is -3.86. The average molecular weight is 383 g/mol. The number of ketones is 1. The van der Waals surface area contributed by atoms with Crippen LogP contribution >= 0.6 is 0 Å². The summed E-state index contributed by atoms with van der Waals surface area (Å²) >= 11 is 0. The first-order chi connectivity index (χ1) is 14.2. The number of ether oxygens (including phenoxy) is 1. The van der Waals surface area contributed by atoms with Crippen molar-refractivity contribution in [2.24, 2.45) is 0 Å². The van der Waals surface area contributed by atoms with Crippen LogP contribution in [0.3, 0.4) is 0 Å². The van der Waals surface area contributed by atoms with Crippen LogP contribution in [0.5, 0.6) is 5.75 Å². The quantitative estimate of drug-likeness (QED) is 0.442. The first-order valence-electron chi connectivity index (χ1n) is 9.35. The van der Waals surface area contributed by atoms with Gasteiger partial charge in [0.25, 0.3) is 0 Å². The molecule has 0 aliphatic heterocycles. The number of rotatable bonds is 7. The van der Waals surface area contributed by atoms with Crippen LogP contribution in [0.4, 0.5) is 11.6 Å². The molecule has 4 aromatic rings. The Bertz CT molecular complexity index is 1120. The molecule has 0 spiro atoms. The largest absolute Gasteiger partial charge is 0.496 e. The summed E-state index contributed by atoms with van der Waals surface area (Å²) in [6, 6.07) is 25.6. The molecule has 0 atom stereocenters. The highest BCUT2D eigenvalue weighted by Crippen LogP contribution is 2.22. The van der Waals surface area contributed by atoms with Gasteiger partial charge in [-0.25, -0.2) is 4.98 Å². The van der Waals surface area contributed by atoms with E-state index in [4.69, 9.17) is 4.74 Å². The van der Waals surface area contributed by atoms with Crippen molar-refractivity contribution in [1.29, 1.82) is 0 Å². The highest BCUT2D eigenvalue weighted by Gasteiger charge is 2.16. The number of carbonyl (C=O) groups excluding carboxylic acids is 1. The van der Waals surface area contributed by atoms with Crippen LogP contribution in [-0.4, -0.2) is 22.9 Å². The standard InChI is InChI=1S/C24H21N3O2/c1-29-22-13-6-5-12-20(22)23(28)21-16-25-24(27-21)26-19-11-7-10-18(15-19)14-17-8-3-2-4-9-17/h2-13,15-16H,14H2,1H3,(H2,25,26,27). The molecule has 4 rings (SSSR count). The predicted molar refractivity (Wildman–Crippen MR) is 114 cm³/mol. The molecular weight excluding hydrogens is 362 g/mol. The number of imidazole rings is 1. The zero-order chi connectivity index (χ0) is 20.1. The number of hydrogen-bond acceptors (Lipinski definition) is 4. The van der Waals surface area contributed by atoms with E-state index in [0.717, 1.165) is 12.1 Å². The third kappa shape index (κ3) is 4.35. The van der Waals surface area contributed by atoms with Crippen LogP contribution in [0, 0.1) is 0 Å². The second kappa shape index (κ2) is 8.44. The van der Waals surface area contributed by atoms with Gasteiger partial charge in [0.15, 0.2) is 0 Å². The van der Waals surface area contributed by atoms with E-state index in [9.17, 15) is 4.79 Å². The van der Waals surface area contributed by atoms with Crippen molar-refractivity contribution in [1.82, 2.24) is 9.97 Å². The summed E-state index contributed by atoms with van der Waals surface area (Å²) in [7, 11) is 1.55. The van der Waals surface area contributed by atoms with Gasteiger partial charge < -0.3 is 15.0 Å². The number of hydrogen-bond donors (Lipinski definition) is 2. The number of nitrogens with zero attached hydrogens (tertiary/aromatic N) is 1. The van der Waals surface area contributed by atoms with Crippen LogP contribution in [0.15, 0.2) is 85.1 Å². The van der Waals surface area contributed by atoms with E-state index >= 15 is 0 Å². The normalized spacial score (nSPS) is 10.5. The first-order valence-corrected chi connectivity index (χ1v) is 9.35. The van der Waals surface area contributed by atoms with Crippen molar-refractivity contribution >= 4 is 17.4 Å². The number of benzene rings is 3. The summed E-state index contributed by atoms with van der Waals surface area (Å²) in [5, 5.41) is 3.24. The smallest absolute Gasteiger partial charge is 0.214 e. The molecule has 0 aliphatic carbocycles. The lowest BCUT2D eigenvalue weighted by Crippen LogP contribution is -2.04. The predicted octanol–water partition coefficient (Wildman–Crippen LogP) is 4.98. The van der Waals surface area contributed by atoms with Gasteiger partial charge in [-0.1, -0.05) is 54.6 Å². The van der Waals surface area contributed by atoms with Gasteiger partial charge in [0, 0.05) is 5.69 Å². The summed E-state index contributed by atoms with van der Waals surface area (Å²) in [5.74, 6) is 0.885. The summed E-state index contributed by atoms with van der Waals surface area (Å²) in [6.07, 6.45) is 2.39. The molecule has 29 heavy (non-hydrogen) atoms. The monoisotopic (exact) mass is 383 g/mol. The molecule has 144 valence electrons. The molecule has 0 saturated carbocycles. The van der Waals surface area contributed by atoms with Crippen LogP contribution in [0.2, 0.25) is 0 Å². The summed E-state index contributed by atoms with van der Waals surface area (Å²) < 4.78 is 5.28. The number of para-hydroxylation sites is 1. The number of carbonyl (C=O) groups is 1. The highest BCUT2D eigenvalue weighted by atomic mass is 16.5. The van der Waals surface area contributed by atoms with E-state index in [1.165, 1.54) is 17.3 Å².